The fourth-order valence-corrected chi connectivity index (χ4v) is 3.18. The standard InChI is InChI=1S/C11H11FN4OS2/c1-6-15-16-11(19-6)18-5-8-4-7(10(17)14-13)2-3-9(8)12/h2-4H,5,13H2,1H3,(H,14,17). The SMILES string of the molecule is Cc1nnc(SCc2cc(C(=O)NN)ccc2F)s1. The van der Waals surface area contributed by atoms with Gasteiger partial charge in [0.2, 0.25) is 0 Å². The number of nitrogen functional groups attached to an aromatic ring is 1. The van der Waals surface area contributed by atoms with E-state index < -0.39 is 5.91 Å². The third kappa shape index (κ3) is 3.49. The van der Waals surface area contributed by atoms with Crippen LogP contribution in [0.25, 0.3) is 0 Å². The summed E-state index contributed by atoms with van der Waals surface area (Å²) >= 11 is 2.83. The molecular formula is C11H11FN4OS2. The Morgan fingerprint density at radius 3 is 2.95 bits per heavy atom. The Hall–Kier alpha value is -1.51. The first-order valence-corrected chi connectivity index (χ1v) is 7.12. The summed E-state index contributed by atoms with van der Waals surface area (Å²) in [6, 6.07) is 4.13. The molecule has 1 amide bonds. The Morgan fingerprint density at radius 2 is 2.32 bits per heavy atom. The first kappa shape index (κ1) is 13.9. The van der Waals surface area contributed by atoms with Gasteiger partial charge in [-0.25, -0.2) is 10.2 Å². The van der Waals surface area contributed by atoms with Crippen LogP contribution in [0.1, 0.15) is 20.9 Å². The number of hydrogen-bond donors (Lipinski definition) is 2. The van der Waals surface area contributed by atoms with Gasteiger partial charge in [0.1, 0.15) is 10.8 Å². The summed E-state index contributed by atoms with van der Waals surface area (Å²) in [6.07, 6.45) is 0. The molecule has 8 heteroatoms. The molecule has 1 aromatic heterocycles. The Morgan fingerprint density at radius 1 is 1.53 bits per heavy atom. The van der Waals surface area contributed by atoms with Gasteiger partial charge in [0.05, 0.1) is 0 Å². The number of benzene rings is 1. The number of thioether (sulfide) groups is 1. The first-order valence-electron chi connectivity index (χ1n) is 5.32. The Balaban J connectivity index is 2.12. The van der Waals surface area contributed by atoms with E-state index in [1.54, 1.807) is 0 Å². The summed E-state index contributed by atoms with van der Waals surface area (Å²) in [4.78, 5) is 11.4. The van der Waals surface area contributed by atoms with E-state index >= 15 is 0 Å². The van der Waals surface area contributed by atoms with Gasteiger partial charge in [-0.2, -0.15) is 0 Å². The third-order valence-electron chi connectivity index (χ3n) is 2.30. The second-order valence-electron chi connectivity index (χ2n) is 3.66. The number of nitrogens with one attached hydrogen (secondary N) is 1. The maximum Gasteiger partial charge on any atom is 0.265 e. The lowest BCUT2D eigenvalue weighted by molar-refractivity contribution is 0.0953. The van der Waals surface area contributed by atoms with Crippen molar-refractivity contribution in [1.29, 1.82) is 0 Å². The van der Waals surface area contributed by atoms with Gasteiger partial charge in [-0.15, -0.1) is 10.2 Å². The van der Waals surface area contributed by atoms with Crippen molar-refractivity contribution in [3.05, 3.63) is 40.2 Å². The van der Waals surface area contributed by atoms with Crippen LogP contribution in [-0.2, 0) is 5.75 Å². The Labute approximate surface area is 117 Å². The summed E-state index contributed by atoms with van der Waals surface area (Å²) in [7, 11) is 0. The summed E-state index contributed by atoms with van der Waals surface area (Å²) in [5.41, 5.74) is 2.77. The van der Waals surface area contributed by atoms with Crippen LogP contribution in [0.3, 0.4) is 0 Å². The van der Waals surface area contributed by atoms with Crippen molar-refractivity contribution < 1.29 is 9.18 Å². The van der Waals surface area contributed by atoms with Gasteiger partial charge < -0.3 is 0 Å². The molecule has 1 heterocycles. The van der Waals surface area contributed by atoms with Crippen LogP contribution in [0.2, 0.25) is 0 Å². The van der Waals surface area contributed by atoms with Crippen LogP contribution >= 0.6 is 23.1 Å². The van der Waals surface area contributed by atoms with E-state index in [1.807, 2.05) is 12.3 Å². The minimum atomic E-state index is -0.446. The molecule has 0 saturated heterocycles. The average molecular weight is 298 g/mol. The van der Waals surface area contributed by atoms with Crippen LogP contribution < -0.4 is 11.3 Å². The molecule has 2 aromatic rings. The molecule has 0 atom stereocenters. The number of hydrogen-bond acceptors (Lipinski definition) is 6. The van der Waals surface area contributed by atoms with Crippen molar-refractivity contribution in [2.24, 2.45) is 5.84 Å². The molecule has 0 aliphatic rings. The van der Waals surface area contributed by atoms with Crippen molar-refractivity contribution in [3.8, 4) is 0 Å². The summed E-state index contributed by atoms with van der Waals surface area (Å²) in [6.45, 7) is 1.86. The van der Waals surface area contributed by atoms with Gasteiger partial charge >= 0.3 is 0 Å². The first-order chi connectivity index (χ1) is 9.10. The van der Waals surface area contributed by atoms with Crippen molar-refractivity contribution in [2.75, 3.05) is 0 Å². The highest BCUT2D eigenvalue weighted by atomic mass is 32.2. The molecule has 0 radical (unpaired) electrons. The number of hydrazine groups is 1. The zero-order valence-electron chi connectivity index (χ0n) is 10.0. The average Bonchev–Trinajstić information content (AvgIpc) is 2.82. The lowest BCUT2D eigenvalue weighted by Gasteiger charge is -2.04. The van der Waals surface area contributed by atoms with Gasteiger partial charge in [0.15, 0.2) is 4.34 Å². The monoisotopic (exact) mass is 298 g/mol. The molecule has 2 rings (SSSR count). The molecule has 0 aliphatic heterocycles. The maximum absolute atomic E-state index is 13.6. The highest BCUT2D eigenvalue weighted by Crippen LogP contribution is 2.27. The number of halogens is 1. The number of amides is 1. The molecule has 1 aromatic carbocycles. The quantitative estimate of drug-likeness (QED) is 0.390. The van der Waals surface area contributed by atoms with Gasteiger partial charge in [0, 0.05) is 11.3 Å². The van der Waals surface area contributed by atoms with E-state index in [4.69, 9.17) is 5.84 Å². The van der Waals surface area contributed by atoms with Crippen LogP contribution in [0.4, 0.5) is 4.39 Å². The minimum Gasteiger partial charge on any atom is -0.290 e. The Bertz CT molecular complexity index is 602. The number of nitrogens with two attached hydrogens (primary N) is 1. The molecular weight excluding hydrogens is 287 g/mol. The molecule has 100 valence electrons. The second-order valence-corrected chi connectivity index (χ2v) is 6.06. The van der Waals surface area contributed by atoms with Crippen molar-refractivity contribution in [3.63, 3.8) is 0 Å². The normalized spacial score (nSPS) is 10.5. The highest BCUT2D eigenvalue weighted by molar-refractivity contribution is 8.00. The van der Waals surface area contributed by atoms with E-state index in [-0.39, 0.29) is 5.82 Å². The van der Waals surface area contributed by atoms with Gasteiger partial charge in [-0.3, -0.25) is 10.2 Å². The number of nitrogens with zero attached hydrogens (tertiary/aromatic N) is 2. The van der Waals surface area contributed by atoms with Crippen molar-refractivity contribution in [1.82, 2.24) is 15.6 Å². The summed E-state index contributed by atoms with van der Waals surface area (Å²) in [5.74, 6) is 4.62. The minimum absolute atomic E-state index is 0.327. The van der Waals surface area contributed by atoms with E-state index in [9.17, 15) is 9.18 Å². The molecule has 0 saturated carbocycles. The van der Waals surface area contributed by atoms with Crippen molar-refractivity contribution in [2.45, 2.75) is 17.0 Å². The second kappa shape index (κ2) is 6.09. The number of carbonyl (C=O) groups is 1. The molecule has 5 nitrogen and oxygen atoms in total. The molecule has 0 bridgehead atoms. The van der Waals surface area contributed by atoms with E-state index in [0.717, 1.165) is 9.35 Å². The predicted molar refractivity (Wildman–Crippen MR) is 72.3 cm³/mol. The molecule has 19 heavy (non-hydrogen) atoms. The van der Waals surface area contributed by atoms with Crippen LogP contribution in [-0.4, -0.2) is 16.1 Å². The number of rotatable bonds is 4. The third-order valence-corrected chi connectivity index (χ3v) is 4.32. The van der Waals surface area contributed by atoms with E-state index in [1.165, 1.54) is 41.3 Å². The fourth-order valence-electron chi connectivity index (χ4n) is 1.39. The summed E-state index contributed by atoms with van der Waals surface area (Å²) < 4.78 is 14.4. The molecule has 0 fully saturated rings. The van der Waals surface area contributed by atoms with E-state index in [2.05, 4.69) is 10.2 Å². The number of aromatic nitrogens is 2. The zero-order chi connectivity index (χ0) is 13.8. The van der Waals surface area contributed by atoms with Crippen LogP contribution in [0, 0.1) is 12.7 Å². The molecule has 0 unspecified atom stereocenters. The number of aryl methyl sites for hydroxylation is 1. The smallest absolute Gasteiger partial charge is 0.265 e. The summed E-state index contributed by atoms with van der Waals surface area (Å²) in [5, 5.41) is 8.69. The fraction of sp³-hybridized carbons (Fsp3) is 0.182. The maximum atomic E-state index is 13.6. The predicted octanol–water partition coefficient (Wildman–Crippen LogP) is 1.88. The van der Waals surface area contributed by atoms with Gasteiger partial charge in [-0.05, 0) is 30.7 Å². The number of carbonyl (C=O) groups excluding carboxylic acids is 1. The van der Waals surface area contributed by atoms with E-state index in [0.29, 0.717) is 16.9 Å². The van der Waals surface area contributed by atoms with Gasteiger partial charge in [0.25, 0.3) is 5.91 Å². The lowest BCUT2D eigenvalue weighted by atomic mass is 10.1. The van der Waals surface area contributed by atoms with Crippen molar-refractivity contribution >= 4 is 29.0 Å². The molecule has 0 aliphatic carbocycles. The van der Waals surface area contributed by atoms with Crippen LogP contribution in [0.5, 0.6) is 0 Å². The van der Waals surface area contributed by atoms with Crippen LogP contribution in [0.15, 0.2) is 22.5 Å². The lowest BCUT2D eigenvalue weighted by Crippen LogP contribution is -2.30. The molecule has 3 N–H and O–H groups in total. The Kier molecular flexibility index (Phi) is 4.46. The zero-order valence-corrected chi connectivity index (χ0v) is 11.6. The van der Waals surface area contributed by atoms with Gasteiger partial charge in [-0.1, -0.05) is 23.1 Å². The highest BCUT2D eigenvalue weighted by Gasteiger charge is 2.10. The molecule has 0 spiro atoms. The topological polar surface area (TPSA) is 80.9 Å². The largest absolute Gasteiger partial charge is 0.290 e.